The van der Waals surface area contributed by atoms with Crippen molar-refractivity contribution in [2.24, 2.45) is 5.92 Å². The van der Waals surface area contributed by atoms with Crippen LogP contribution in [0.15, 0.2) is 59.5 Å². The number of pyridine rings is 1. The second-order valence-corrected chi connectivity index (χ2v) is 8.75. The molecule has 35 heavy (non-hydrogen) atoms. The number of halogens is 2. The van der Waals surface area contributed by atoms with Gasteiger partial charge < -0.3 is 10.4 Å². The summed E-state index contributed by atoms with van der Waals surface area (Å²) >= 11 is 0. The maximum absolute atomic E-state index is 13.7. The van der Waals surface area contributed by atoms with Crippen molar-refractivity contribution in [2.75, 3.05) is 0 Å². The van der Waals surface area contributed by atoms with Crippen LogP contribution >= 0.6 is 0 Å². The van der Waals surface area contributed by atoms with E-state index in [0.29, 0.717) is 42.3 Å². The first-order chi connectivity index (χ1) is 16.8. The minimum atomic E-state index is -0.983. The van der Waals surface area contributed by atoms with Crippen molar-refractivity contribution in [3.05, 3.63) is 82.3 Å². The van der Waals surface area contributed by atoms with Crippen LogP contribution in [0.25, 0.3) is 27.7 Å². The van der Waals surface area contributed by atoms with E-state index < -0.39 is 23.2 Å². The lowest BCUT2D eigenvalue weighted by Crippen LogP contribution is -2.39. The number of hydrogen-bond donors (Lipinski definition) is 2. The molecule has 0 unspecified atom stereocenters. The molecule has 0 spiro atoms. The Bertz CT molecular complexity index is 1540. The fourth-order valence-electron chi connectivity index (χ4n) is 4.61. The number of nitrogens with one attached hydrogen (secondary N) is 1. The van der Waals surface area contributed by atoms with Crippen molar-refractivity contribution in [3.63, 3.8) is 0 Å². The quantitative estimate of drug-likeness (QED) is 0.430. The van der Waals surface area contributed by atoms with Crippen LogP contribution in [0.1, 0.15) is 36.0 Å². The highest BCUT2D eigenvalue weighted by atomic mass is 19.2. The Labute approximate surface area is 198 Å². The van der Waals surface area contributed by atoms with Crippen LogP contribution in [0.2, 0.25) is 0 Å². The van der Waals surface area contributed by atoms with Gasteiger partial charge in [0.2, 0.25) is 0 Å². The summed E-state index contributed by atoms with van der Waals surface area (Å²) in [6, 6.07) is 11.4. The molecule has 5 rings (SSSR count). The lowest BCUT2D eigenvalue weighted by atomic mass is 9.86. The van der Waals surface area contributed by atoms with Crippen molar-refractivity contribution in [1.29, 1.82) is 0 Å². The third-order valence-electron chi connectivity index (χ3n) is 6.55. The average molecular weight is 477 g/mol. The van der Waals surface area contributed by atoms with E-state index in [4.69, 9.17) is 5.11 Å². The fourth-order valence-corrected chi connectivity index (χ4v) is 4.61. The zero-order valence-corrected chi connectivity index (χ0v) is 18.5. The molecule has 1 aliphatic carbocycles. The molecule has 0 saturated heterocycles. The van der Waals surface area contributed by atoms with Gasteiger partial charge in [-0.15, -0.1) is 0 Å². The van der Waals surface area contributed by atoms with E-state index in [0.717, 1.165) is 12.1 Å². The van der Waals surface area contributed by atoms with Crippen molar-refractivity contribution < 1.29 is 23.5 Å². The number of benzene rings is 2. The van der Waals surface area contributed by atoms with Crippen molar-refractivity contribution in [1.82, 2.24) is 14.7 Å². The third-order valence-corrected chi connectivity index (χ3v) is 6.55. The van der Waals surface area contributed by atoms with E-state index in [2.05, 4.69) is 10.3 Å². The van der Waals surface area contributed by atoms with Crippen LogP contribution in [0.5, 0.6) is 0 Å². The predicted octanol–water partition coefficient (Wildman–Crippen LogP) is 4.17. The molecular weight excluding hydrogens is 456 g/mol. The molecule has 1 aliphatic rings. The Kier molecular flexibility index (Phi) is 5.76. The molecule has 0 bridgehead atoms. The van der Waals surface area contributed by atoms with Gasteiger partial charge in [-0.3, -0.25) is 18.8 Å². The second kappa shape index (κ2) is 8.90. The summed E-state index contributed by atoms with van der Waals surface area (Å²) in [5.41, 5.74) is 1.34. The molecule has 4 aromatic rings. The lowest BCUT2D eigenvalue weighted by molar-refractivity contribution is -0.142. The predicted molar refractivity (Wildman–Crippen MR) is 125 cm³/mol. The molecule has 1 saturated carbocycles. The number of carboxylic acids is 1. The van der Waals surface area contributed by atoms with Crippen molar-refractivity contribution in [3.8, 4) is 11.1 Å². The molecule has 2 heterocycles. The van der Waals surface area contributed by atoms with Crippen LogP contribution in [0, 0.1) is 17.6 Å². The Morgan fingerprint density at radius 3 is 2.40 bits per heavy atom. The van der Waals surface area contributed by atoms with Gasteiger partial charge in [0, 0.05) is 12.2 Å². The highest BCUT2D eigenvalue weighted by Crippen LogP contribution is 2.26. The van der Waals surface area contributed by atoms with E-state index in [1.54, 1.807) is 30.3 Å². The first kappa shape index (κ1) is 22.6. The van der Waals surface area contributed by atoms with E-state index in [9.17, 15) is 23.2 Å². The lowest BCUT2D eigenvalue weighted by Gasteiger charge is -2.26. The normalized spacial score (nSPS) is 18.0. The first-order valence-electron chi connectivity index (χ1n) is 11.3. The van der Waals surface area contributed by atoms with Gasteiger partial charge in [-0.25, -0.2) is 13.8 Å². The summed E-state index contributed by atoms with van der Waals surface area (Å²) in [5.74, 6) is -3.52. The summed E-state index contributed by atoms with van der Waals surface area (Å²) in [6.07, 6.45) is 3.65. The van der Waals surface area contributed by atoms with Gasteiger partial charge in [0.15, 0.2) is 17.3 Å². The Balaban J connectivity index is 1.49. The fraction of sp³-hybridized carbons (Fsp3) is 0.231. The third kappa shape index (κ3) is 4.25. The molecule has 2 aromatic heterocycles. The number of fused-ring (bicyclic) bond motifs is 2. The minimum absolute atomic E-state index is 0.149. The Hall–Kier alpha value is -4.14. The Morgan fingerprint density at radius 2 is 1.69 bits per heavy atom. The molecular formula is C26H21F2N3O4. The largest absolute Gasteiger partial charge is 0.481 e. The molecule has 178 valence electrons. The molecule has 2 N–H and O–H groups in total. The van der Waals surface area contributed by atoms with E-state index in [1.807, 2.05) is 0 Å². The molecule has 2 aromatic carbocycles. The summed E-state index contributed by atoms with van der Waals surface area (Å²) in [6.45, 7) is 0. The maximum atomic E-state index is 13.7. The molecule has 7 nitrogen and oxygen atoms in total. The first-order valence-corrected chi connectivity index (χ1v) is 11.3. The number of aliphatic carboxylic acids is 1. The highest BCUT2D eigenvalue weighted by Gasteiger charge is 2.27. The number of aromatic nitrogens is 2. The van der Waals surface area contributed by atoms with E-state index >= 15 is 0 Å². The number of hydrogen-bond acceptors (Lipinski definition) is 4. The molecule has 1 fully saturated rings. The number of carbonyl (C=O) groups is 2. The van der Waals surface area contributed by atoms with Gasteiger partial charge >= 0.3 is 5.97 Å². The van der Waals surface area contributed by atoms with Crippen LogP contribution in [0.3, 0.4) is 0 Å². The number of carbonyl (C=O) groups excluding carboxylic acids is 1. The monoisotopic (exact) mass is 477 g/mol. The van der Waals surface area contributed by atoms with Gasteiger partial charge in [0.25, 0.3) is 11.5 Å². The Morgan fingerprint density at radius 1 is 0.971 bits per heavy atom. The molecule has 0 aliphatic heterocycles. The number of rotatable bonds is 4. The zero-order chi connectivity index (χ0) is 24.7. The number of carboxylic acid groups (broad SMARTS) is 1. The molecule has 9 heteroatoms. The van der Waals surface area contributed by atoms with Crippen LogP contribution < -0.4 is 10.9 Å². The maximum Gasteiger partial charge on any atom is 0.306 e. The molecule has 1 amide bonds. The number of amides is 1. The highest BCUT2D eigenvalue weighted by molar-refractivity contribution is 6.01. The van der Waals surface area contributed by atoms with Crippen LogP contribution in [0.4, 0.5) is 8.78 Å². The van der Waals surface area contributed by atoms with Crippen LogP contribution in [-0.4, -0.2) is 32.4 Å². The molecule has 0 radical (unpaired) electrons. The summed E-state index contributed by atoms with van der Waals surface area (Å²) < 4.78 is 28.3. The summed E-state index contributed by atoms with van der Waals surface area (Å²) in [4.78, 5) is 42.0. The summed E-state index contributed by atoms with van der Waals surface area (Å²) in [5, 5.41) is 12.4. The van der Waals surface area contributed by atoms with Gasteiger partial charge in [-0.2, -0.15) is 0 Å². The van der Waals surface area contributed by atoms with Gasteiger partial charge in [-0.05, 0) is 73.2 Å². The van der Waals surface area contributed by atoms with Gasteiger partial charge in [0.05, 0.1) is 22.4 Å². The smallest absolute Gasteiger partial charge is 0.306 e. The van der Waals surface area contributed by atoms with Crippen LogP contribution in [-0.2, 0) is 4.79 Å². The van der Waals surface area contributed by atoms with E-state index in [-0.39, 0.29) is 34.5 Å². The summed E-state index contributed by atoms with van der Waals surface area (Å²) in [7, 11) is 0. The topological polar surface area (TPSA) is 101 Å². The molecule has 0 atom stereocenters. The van der Waals surface area contributed by atoms with E-state index in [1.165, 1.54) is 16.7 Å². The zero-order valence-electron chi connectivity index (χ0n) is 18.5. The number of nitrogens with zero attached hydrogens (tertiary/aromatic N) is 2. The SMILES string of the molecule is O=C(N[C@H]1CC[C@@H](C(=O)O)CC1)c1cccn2c(=O)c3cc(-c4ccc(F)c(F)c4)ccc3nc12. The van der Waals surface area contributed by atoms with Crippen molar-refractivity contribution in [2.45, 2.75) is 31.7 Å². The standard InChI is InChI=1S/C26H21F2N3O4/c27-20-9-5-16(13-21(20)28)15-6-10-22-19(12-15)25(33)31-11-1-2-18(23(31)30-22)24(32)29-17-7-3-14(4-8-17)26(34)35/h1-2,5-6,9-14,17H,3-4,7-8H2,(H,29,32)(H,34,35)/t14-,17+. The second-order valence-electron chi connectivity index (χ2n) is 8.75. The average Bonchev–Trinajstić information content (AvgIpc) is 2.85. The van der Waals surface area contributed by atoms with Gasteiger partial charge in [0.1, 0.15) is 0 Å². The minimum Gasteiger partial charge on any atom is -0.481 e. The van der Waals surface area contributed by atoms with Crippen molar-refractivity contribution >= 4 is 28.4 Å². The van der Waals surface area contributed by atoms with Gasteiger partial charge in [-0.1, -0.05) is 12.1 Å².